The number of hydrogen-bond donors (Lipinski definition) is 3. The minimum absolute atomic E-state index is 0.139. The maximum Gasteiger partial charge on any atom is 0.305 e. The molecule has 0 aliphatic heterocycles. The maximum atomic E-state index is 13.8. The Labute approximate surface area is 201 Å². The molecule has 0 aliphatic rings. The summed E-state index contributed by atoms with van der Waals surface area (Å²) in [5, 5.41) is 29.2. The minimum Gasteiger partial charge on any atom is -0.481 e. The third-order valence-corrected chi connectivity index (χ3v) is 5.08. The lowest BCUT2D eigenvalue weighted by Gasteiger charge is -2.23. The lowest BCUT2D eigenvalue weighted by molar-refractivity contribution is -0.139. The molecule has 1 heterocycles. The van der Waals surface area contributed by atoms with Crippen molar-refractivity contribution in [3.63, 3.8) is 0 Å². The van der Waals surface area contributed by atoms with Gasteiger partial charge in [0.25, 0.3) is 0 Å². The number of benzene rings is 1. The van der Waals surface area contributed by atoms with E-state index in [4.69, 9.17) is 21.7 Å². The van der Waals surface area contributed by atoms with Gasteiger partial charge < -0.3 is 20.1 Å². The fourth-order valence-corrected chi connectivity index (χ4v) is 3.58. The molecule has 6 nitrogen and oxygen atoms in total. The number of carboxylic acids is 1. The predicted octanol–water partition coefficient (Wildman–Crippen LogP) is 4.88. The van der Waals surface area contributed by atoms with E-state index in [0.717, 1.165) is 0 Å². The van der Waals surface area contributed by atoms with Gasteiger partial charge in [0, 0.05) is 30.3 Å². The number of methoxy groups -OCH3 is 1. The van der Waals surface area contributed by atoms with E-state index in [-0.39, 0.29) is 35.1 Å². The van der Waals surface area contributed by atoms with Crippen LogP contribution in [0.15, 0.2) is 30.3 Å². The monoisotopic (exact) mass is 464 g/mol. The summed E-state index contributed by atoms with van der Waals surface area (Å²) < 4.78 is 58.6. The fraction of sp³-hybridized carbons (Fsp3) is 0.462. The van der Waals surface area contributed by atoms with Crippen molar-refractivity contribution in [2.24, 2.45) is 0 Å². The molecule has 1 aromatic carbocycles. The van der Waals surface area contributed by atoms with Crippen molar-refractivity contribution in [3.05, 3.63) is 58.7 Å². The second-order valence-electron chi connectivity index (χ2n) is 8.48. The van der Waals surface area contributed by atoms with Crippen LogP contribution >= 0.6 is 0 Å². The second-order valence-corrected chi connectivity index (χ2v) is 8.48. The van der Waals surface area contributed by atoms with Crippen LogP contribution in [0.2, 0.25) is 0 Å². The molecule has 2 rings (SSSR count). The van der Waals surface area contributed by atoms with E-state index in [0.29, 0.717) is 16.8 Å². The van der Waals surface area contributed by atoms with Crippen molar-refractivity contribution < 1.29 is 36.1 Å². The number of halogens is 1. The zero-order chi connectivity index (χ0) is 29.0. The van der Waals surface area contributed by atoms with Gasteiger partial charge >= 0.3 is 5.97 Å². The largest absolute Gasteiger partial charge is 0.481 e. The first-order valence-corrected chi connectivity index (χ1v) is 10.7. The van der Waals surface area contributed by atoms with Gasteiger partial charge in [0.05, 0.1) is 37.7 Å². The van der Waals surface area contributed by atoms with E-state index in [1.54, 1.807) is 13.8 Å². The van der Waals surface area contributed by atoms with Crippen molar-refractivity contribution in [2.45, 2.75) is 71.1 Å². The Morgan fingerprint density at radius 1 is 1.18 bits per heavy atom. The van der Waals surface area contributed by atoms with Gasteiger partial charge in [-0.05, 0) is 35.1 Å². The molecule has 0 radical (unpaired) electrons. The van der Waals surface area contributed by atoms with Crippen LogP contribution in [0, 0.1) is 5.82 Å². The molecule has 1 aromatic heterocycles. The number of aromatic nitrogens is 1. The molecule has 0 fully saturated rings. The molecular weight excluding hydrogens is 425 g/mol. The molecular formula is C26H34FNO5. The third-order valence-electron chi connectivity index (χ3n) is 5.08. The molecule has 0 saturated heterocycles. The highest BCUT2D eigenvalue weighted by Gasteiger charge is 2.23. The number of aliphatic carboxylic acids is 1. The molecule has 0 saturated carbocycles. The van der Waals surface area contributed by atoms with Gasteiger partial charge in [-0.15, -0.1) is 0 Å². The van der Waals surface area contributed by atoms with Crippen LogP contribution < -0.4 is 0 Å². The number of hydrogen-bond acceptors (Lipinski definition) is 5. The van der Waals surface area contributed by atoms with E-state index in [9.17, 15) is 19.4 Å². The van der Waals surface area contributed by atoms with Gasteiger partial charge in [-0.2, -0.15) is 0 Å². The normalized spacial score (nSPS) is 16.8. The number of aliphatic hydroxyl groups is 2. The van der Waals surface area contributed by atoms with Crippen LogP contribution in [0.3, 0.4) is 0 Å². The second kappa shape index (κ2) is 12.0. The summed E-state index contributed by atoms with van der Waals surface area (Å²) in [6.45, 7) is 4.44. The lowest BCUT2D eigenvalue weighted by Crippen LogP contribution is -2.19. The molecule has 3 N–H and O–H groups in total. The van der Waals surface area contributed by atoms with Crippen molar-refractivity contribution in [2.75, 3.05) is 7.04 Å². The number of pyridine rings is 1. The fourth-order valence-electron chi connectivity index (χ4n) is 3.58. The van der Waals surface area contributed by atoms with Crippen molar-refractivity contribution in [3.8, 4) is 11.1 Å². The molecule has 0 unspecified atom stereocenters. The topological polar surface area (TPSA) is 99.9 Å². The zero-order valence-corrected chi connectivity index (χ0v) is 19.2. The summed E-state index contributed by atoms with van der Waals surface area (Å²) in [4.78, 5) is 15.6. The summed E-state index contributed by atoms with van der Waals surface area (Å²) in [7, 11) is -3.08. The van der Waals surface area contributed by atoms with Gasteiger partial charge in [-0.3, -0.25) is 9.78 Å². The van der Waals surface area contributed by atoms with Crippen molar-refractivity contribution >= 4 is 12.0 Å². The molecule has 33 heavy (non-hydrogen) atoms. The SMILES string of the molecule is [2H]C([2H])([2H])OC([2H])([2H])c1c(C(C)C)nc(C(C)C)c(/C=C/[C@@H](O)C[C@@H](O)CC(=O)O)c1-c1ccc(F)cc1. The van der Waals surface area contributed by atoms with Gasteiger partial charge in [0.15, 0.2) is 0 Å². The van der Waals surface area contributed by atoms with Gasteiger partial charge in [0.1, 0.15) is 5.82 Å². The Hall–Kier alpha value is -2.61. The van der Waals surface area contributed by atoms with Crippen LogP contribution in [0.5, 0.6) is 0 Å². The van der Waals surface area contributed by atoms with Crippen LogP contribution in [0.25, 0.3) is 17.2 Å². The number of carbonyl (C=O) groups is 1. The molecule has 0 aliphatic carbocycles. The highest BCUT2D eigenvalue weighted by Crippen LogP contribution is 2.37. The quantitative estimate of drug-likeness (QED) is 0.438. The van der Waals surface area contributed by atoms with Gasteiger partial charge in [0.2, 0.25) is 0 Å². The van der Waals surface area contributed by atoms with E-state index in [1.165, 1.54) is 36.4 Å². The molecule has 0 spiro atoms. The Balaban J connectivity index is 2.90. The first-order valence-electron chi connectivity index (χ1n) is 13.2. The first kappa shape index (κ1) is 19.8. The van der Waals surface area contributed by atoms with Crippen LogP contribution in [-0.2, 0) is 16.1 Å². The summed E-state index contributed by atoms with van der Waals surface area (Å²) >= 11 is 0. The summed E-state index contributed by atoms with van der Waals surface area (Å²) in [6, 6.07) is 5.24. The lowest BCUT2D eigenvalue weighted by atomic mass is 9.87. The van der Waals surface area contributed by atoms with Crippen LogP contribution in [-0.4, -0.2) is 45.5 Å². The molecule has 7 heteroatoms. The Morgan fingerprint density at radius 2 is 1.82 bits per heavy atom. The highest BCUT2D eigenvalue weighted by atomic mass is 19.1. The molecule has 2 aromatic rings. The molecule has 180 valence electrons. The summed E-state index contributed by atoms with van der Waals surface area (Å²) in [6.07, 6.45) is -0.581. The Morgan fingerprint density at radius 3 is 2.36 bits per heavy atom. The average Bonchev–Trinajstić information content (AvgIpc) is 2.74. The van der Waals surface area contributed by atoms with Gasteiger partial charge in [-0.25, -0.2) is 4.39 Å². The number of rotatable bonds is 11. The summed E-state index contributed by atoms with van der Waals surface area (Å²) in [5.74, 6) is -2.31. The standard InChI is InChI=1S/C26H34FNO5/c1-15(2)25-21(11-10-19(29)12-20(30)13-23(31)32)24(17-6-8-18(27)9-7-17)22(14-33-5)26(28-25)16(3)4/h6-11,15-16,19-20,29-30H,12-14H2,1-5H3,(H,31,32)/b11-10+/t19-,20-/m1/s1/i5D3,14D2. The number of nitrogens with zero attached hydrogens (tertiary/aromatic N) is 1. The van der Waals surface area contributed by atoms with Crippen molar-refractivity contribution in [1.82, 2.24) is 4.98 Å². The van der Waals surface area contributed by atoms with Crippen LogP contribution in [0.4, 0.5) is 4.39 Å². The minimum atomic E-state index is -3.08. The number of ether oxygens (including phenoxy) is 1. The predicted molar refractivity (Wildman–Crippen MR) is 126 cm³/mol. The van der Waals surface area contributed by atoms with Crippen molar-refractivity contribution in [1.29, 1.82) is 0 Å². The maximum absolute atomic E-state index is 13.8. The van der Waals surface area contributed by atoms with Crippen LogP contribution in [0.1, 0.15) is 81.7 Å². The zero-order valence-electron chi connectivity index (χ0n) is 24.2. The number of carboxylic acid groups (broad SMARTS) is 1. The number of aliphatic hydroxyl groups excluding tert-OH is 2. The van der Waals surface area contributed by atoms with E-state index >= 15 is 0 Å². The molecule has 0 bridgehead atoms. The third kappa shape index (κ3) is 7.19. The van der Waals surface area contributed by atoms with E-state index in [1.807, 2.05) is 13.8 Å². The van der Waals surface area contributed by atoms with Gasteiger partial charge in [-0.1, -0.05) is 52.0 Å². The smallest absolute Gasteiger partial charge is 0.305 e. The molecule has 0 amide bonds. The Kier molecular flexibility index (Phi) is 7.22. The van der Waals surface area contributed by atoms with E-state index in [2.05, 4.69) is 0 Å². The first-order chi connectivity index (χ1) is 17.4. The Bertz CT molecular complexity index is 1150. The molecule has 2 atom stereocenters. The van der Waals surface area contributed by atoms with E-state index < -0.39 is 44.0 Å². The average molecular weight is 465 g/mol. The summed E-state index contributed by atoms with van der Waals surface area (Å²) in [5.41, 5.74) is 1.56. The highest BCUT2D eigenvalue weighted by molar-refractivity contribution is 5.80.